The summed E-state index contributed by atoms with van der Waals surface area (Å²) in [4.78, 5) is 8.54. The van der Waals surface area contributed by atoms with Gasteiger partial charge in [-0.3, -0.25) is 9.98 Å². The first-order valence-corrected chi connectivity index (χ1v) is 7.49. The highest BCUT2D eigenvalue weighted by atomic mass is 127. The summed E-state index contributed by atoms with van der Waals surface area (Å²) in [7, 11) is 0. The number of ether oxygens (including phenoxy) is 2. The van der Waals surface area contributed by atoms with Crippen molar-refractivity contribution < 1.29 is 9.47 Å². The van der Waals surface area contributed by atoms with E-state index in [9.17, 15) is 0 Å². The summed E-state index contributed by atoms with van der Waals surface area (Å²) in [6, 6.07) is 2.38. The number of halogens is 1. The first-order chi connectivity index (χ1) is 10.3. The molecule has 2 aliphatic rings. The average molecular weight is 418 g/mol. The molecule has 0 saturated carbocycles. The first-order valence-electron chi connectivity index (χ1n) is 7.49. The van der Waals surface area contributed by atoms with Gasteiger partial charge in [-0.15, -0.1) is 24.0 Å². The lowest BCUT2D eigenvalue weighted by atomic mass is 10.1. The molecular weight excluding hydrogens is 395 g/mol. The third-order valence-corrected chi connectivity index (χ3v) is 3.72. The Morgan fingerprint density at radius 2 is 2.41 bits per heavy atom. The highest BCUT2D eigenvalue weighted by Crippen LogP contribution is 2.19. The number of aliphatic imine (C=N–C) groups is 1. The molecule has 0 spiro atoms. The maximum Gasteiger partial charge on any atom is 0.191 e. The lowest BCUT2D eigenvalue weighted by Gasteiger charge is -2.14. The van der Waals surface area contributed by atoms with Crippen LogP contribution in [0, 0.1) is 5.92 Å². The molecule has 1 saturated heterocycles. The van der Waals surface area contributed by atoms with Crippen LogP contribution in [0.5, 0.6) is 5.75 Å². The van der Waals surface area contributed by atoms with E-state index in [2.05, 4.69) is 27.5 Å². The van der Waals surface area contributed by atoms with Crippen LogP contribution in [0.2, 0.25) is 0 Å². The Hall–Kier alpha value is -1.09. The molecular formula is C15H23IN4O2. The van der Waals surface area contributed by atoms with Crippen LogP contribution in [-0.2, 0) is 11.3 Å². The second kappa shape index (κ2) is 8.52. The van der Waals surface area contributed by atoms with Crippen molar-refractivity contribution in [2.45, 2.75) is 25.9 Å². The maximum atomic E-state index is 5.91. The van der Waals surface area contributed by atoms with E-state index < -0.39 is 0 Å². The normalized spacial score (nSPS) is 23.4. The molecule has 122 valence electrons. The second-order valence-corrected chi connectivity index (χ2v) is 5.61. The molecule has 3 rings (SSSR count). The number of hydrogen-bond acceptors (Lipinski definition) is 6. The summed E-state index contributed by atoms with van der Waals surface area (Å²) in [6.07, 6.45) is 4.64. The summed E-state index contributed by atoms with van der Waals surface area (Å²) >= 11 is 0. The summed E-state index contributed by atoms with van der Waals surface area (Å²) < 4.78 is 11.3. The van der Waals surface area contributed by atoms with Gasteiger partial charge in [0.2, 0.25) is 0 Å². The van der Waals surface area contributed by atoms with Crippen LogP contribution >= 0.6 is 24.0 Å². The molecule has 0 amide bonds. The van der Waals surface area contributed by atoms with Crippen molar-refractivity contribution in [3.05, 3.63) is 24.0 Å². The Labute approximate surface area is 148 Å². The molecule has 0 aliphatic carbocycles. The molecule has 0 aromatic carbocycles. The molecule has 1 aromatic heterocycles. The van der Waals surface area contributed by atoms with E-state index in [0.29, 0.717) is 25.1 Å². The minimum absolute atomic E-state index is 0. The van der Waals surface area contributed by atoms with E-state index in [1.54, 1.807) is 12.4 Å². The Morgan fingerprint density at radius 3 is 3.14 bits per heavy atom. The Bertz CT molecular complexity index is 506. The summed E-state index contributed by atoms with van der Waals surface area (Å²) in [5.41, 5.74) is 1.09. The van der Waals surface area contributed by atoms with Gasteiger partial charge in [0.15, 0.2) is 5.96 Å². The van der Waals surface area contributed by atoms with Crippen LogP contribution in [0.25, 0.3) is 0 Å². The van der Waals surface area contributed by atoms with Gasteiger partial charge in [-0.1, -0.05) is 0 Å². The van der Waals surface area contributed by atoms with Crippen molar-refractivity contribution in [2.24, 2.45) is 10.9 Å². The number of pyridine rings is 1. The second-order valence-electron chi connectivity index (χ2n) is 5.61. The molecule has 6 nitrogen and oxygen atoms in total. The van der Waals surface area contributed by atoms with Gasteiger partial charge in [0.25, 0.3) is 0 Å². The van der Waals surface area contributed by atoms with Gasteiger partial charge >= 0.3 is 0 Å². The van der Waals surface area contributed by atoms with E-state index in [-0.39, 0.29) is 24.0 Å². The van der Waals surface area contributed by atoms with Crippen molar-refractivity contribution in [3.63, 3.8) is 0 Å². The minimum atomic E-state index is 0. The zero-order chi connectivity index (χ0) is 14.5. The predicted molar refractivity (Wildman–Crippen MR) is 95.8 cm³/mol. The van der Waals surface area contributed by atoms with Gasteiger partial charge in [0, 0.05) is 36.9 Å². The van der Waals surface area contributed by atoms with Gasteiger partial charge in [-0.2, -0.15) is 0 Å². The average Bonchev–Trinajstić information content (AvgIpc) is 3.15. The monoisotopic (exact) mass is 418 g/mol. The van der Waals surface area contributed by atoms with Crippen molar-refractivity contribution in [1.29, 1.82) is 0 Å². The van der Waals surface area contributed by atoms with Crippen LogP contribution in [-0.4, -0.2) is 43.4 Å². The number of nitrogens with one attached hydrogen (secondary N) is 2. The van der Waals surface area contributed by atoms with Crippen LogP contribution in [0.15, 0.2) is 23.5 Å². The van der Waals surface area contributed by atoms with Gasteiger partial charge in [-0.05, 0) is 19.4 Å². The highest BCUT2D eigenvalue weighted by molar-refractivity contribution is 14.0. The Balaban J connectivity index is 0.00000176. The molecule has 0 bridgehead atoms. The zero-order valence-electron chi connectivity index (χ0n) is 12.7. The fraction of sp³-hybridized carbons (Fsp3) is 0.600. The molecule has 2 unspecified atom stereocenters. The van der Waals surface area contributed by atoms with Gasteiger partial charge in [0.05, 0.1) is 26.0 Å². The third-order valence-electron chi connectivity index (χ3n) is 3.72. The smallest absolute Gasteiger partial charge is 0.191 e. The van der Waals surface area contributed by atoms with Gasteiger partial charge < -0.3 is 20.1 Å². The van der Waals surface area contributed by atoms with E-state index in [1.165, 1.54) is 0 Å². The predicted octanol–water partition coefficient (Wildman–Crippen LogP) is 1.55. The van der Waals surface area contributed by atoms with Crippen LogP contribution < -0.4 is 15.4 Å². The van der Waals surface area contributed by atoms with Gasteiger partial charge in [0.1, 0.15) is 5.75 Å². The molecule has 7 heteroatoms. The quantitative estimate of drug-likeness (QED) is 0.711. The van der Waals surface area contributed by atoms with Crippen LogP contribution in [0.3, 0.4) is 0 Å². The summed E-state index contributed by atoms with van der Waals surface area (Å²) in [5.74, 6) is 2.19. The van der Waals surface area contributed by atoms with Crippen molar-refractivity contribution >= 4 is 29.9 Å². The number of nitrogens with zero attached hydrogens (tertiary/aromatic N) is 2. The Kier molecular flexibility index (Phi) is 6.69. The lowest BCUT2D eigenvalue weighted by molar-refractivity contribution is 0.166. The molecule has 3 heterocycles. The van der Waals surface area contributed by atoms with Crippen molar-refractivity contribution in [3.8, 4) is 5.75 Å². The lowest BCUT2D eigenvalue weighted by Crippen LogP contribution is -2.37. The third kappa shape index (κ3) is 4.70. The molecule has 2 aliphatic heterocycles. The van der Waals surface area contributed by atoms with E-state index in [1.807, 2.05) is 6.07 Å². The fourth-order valence-corrected chi connectivity index (χ4v) is 2.45. The van der Waals surface area contributed by atoms with Crippen LogP contribution in [0.4, 0.5) is 0 Å². The Morgan fingerprint density at radius 1 is 1.50 bits per heavy atom. The summed E-state index contributed by atoms with van der Waals surface area (Å²) in [6.45, 7) is 5.95. The molecule has 1 aromatic rings. The van der Waals surface area contributed by atoms with Gasteiger partial charge in [-0.25, -0.2) is 0 Å². The largest absolute Gasteiger partial charge is 0.491 e. The molecule has 1 fully saturated rings. The number of hydrogen-bond donors (Lipinski definition) is 2. The zero-order valence-corrected chi connectivity index (χ0v) is 15.1. The fourth-order valence-electron chi connectivity index (χ4n) is 2.45. The minimum Gasteiger partial charge on any atom is -0.491 e. The SMILES string of the molecule is CC1CN=C(NCc2ccncc2OCC2CCOC2)N1.I. The molecule has 2 N–H and O–H groups in total. The van der Waals surface area contributed by atoms with E-state index in [0.717, 1.165) is 43.5 Å². The van der Waals surface area contributed by atoms with E-state index >= 15 is 0 Å². The molecule has 22 heavy (non-hydrogen) atoms. The van der Waals surface area contributed by atoms with Crippen LogP contribution in [0.1, 0.15) is 18.9 Å². The van der Waals surface area contributed by atoms with E-state index in [4.69, 9.17) is 9.47 Å². The molecule has 0 radical (unpaired) electrons. The first kappa shape index (κ1) is 17.3. The number of rotatable bonds is 5. The van der Waals surface area contributed by atoms with Crippen molar-refractivity contribution in [2.75, 3.05) is 26.4 Å². The summed E-state index contributed by atoms with van der Waals surface area (Å²) in [5, 5.41) is 6.59. The van der Waals surface area contributed by atoms with Crippen molar-refractivity contribution in [1.82, 2.24) is 15.6 Å². The maximum absolute atomic E-state index is 5.91. The standard InChI is InChI=1S/C15H22N4O2.HI/c1-11-6-17-15(19-11)18-7-13-2-4-16-8-14(13)21-10-12-3-5-20-9-12;/h2,4,8,11-12H,3,5-7,9-10H2,1H3,(H2,17,18,19);1H. The number of guanidine groups is 1. The topological polar surface area (TPSA) is 67.8 Å². The number of aromatic nitrogens is 1. The highest BCUT2D eigenvalue weighted by Gasteiger charge is 2.17. The molecule has 2 atom stereocenters.